The summed E-state index contributed by atoms with van der Waals surface area (Å²) in [5, 5.41) is 11.7. The van der Waals surface area contributed by atoms with Gasteiger partial charge in [-0.05, 0) is 34.9 Å². The third-order valence-corrected chi connectivity index (χ3v) is 6.07. The van der Waals surface area contributed by atoms with Crippen molar-refractivity contribution in [1.82, 2.24) is 0 Å². The van der Waals surface area contributed by atoms with Crippen LogP contribution in [0.2, 0.25) is 0 Å². The number of hydrogen-bond acceptors (Lipinski definition) is 4. The number of anilines is 2. The molecule has 1 aliphatic heterocycles. The quantitative estimate of drug-likeness (QED) is 0.363. The van der Waals surface area contributed by atoms with E-state index in [-0.39, 0.29) is 0 Å². The molecule has 0 fully saturated rings. The van der Waals surface area contributed by atoms with Gasteiger partial charge in [0.1, 0.15) is 5.75 Å². The topological polar surface area (TPSA) is 49.8 Å². The summed E-state index contributed by atoms with van der Waals surface area (Å²) in [5.74, 6) is -0.274. The molecular weight excluding hydrogens is 398 g/mol. The van der Waals surface area contributed by atoms with Crippen LogP contribution in [0.4, 0.5) is 11.4 Å². The fraction of sp³-hybridized carbons (Fsp3) is 0.107. The molecule has 32 heavy (non-hydrogen) atoms. The van der Waals surface area contributed by atoms with Crippen LogP contribution >= 0.6 is 0 Å². The van der Waals surface area contributed by atoms with E-state index in [9.17, 15) is 9.90 Å². The predicted octanol–water partition coefficient (Wildman–Crippen LogP) is 5.20. The van der Waals surface area contributed by atoms with Crippen LogP contribution in [0.5, 0.6) is 5.75 Å². The number of para-hydroxylation sites is 1. The average Bonchev–Trinajstić information content (AvgIpc) is 2.85. The first kappa shape index (κ1) is 20.0. The van der Waals surface area contributed by atoms with Gasteiger partial charge in [-0.1, -0.05) is 84.9 Å². The number of ether oxygens (including phenoxy) is 1. The Morgan fingerprint density at radius 3 is 2.00 bits per heavy atom. The molecule has 0 saturated heterocycles. The fourth-order valence-corrected chi connectivity index (χ4v) is 4.38. The van der Waals surface area contributed by atoms with E-state index >= 15 is 0 Å². The number of fused-ring (bicyclic) bond motifs is 2. The summed E-state index contributed by atoms with van der Waals surface area (Å²) in [6.45, 7) is 0. The highest BCUT2D eigenvalue weighted by molar-refractivity contribution is 5.88. The van der Waals surface area contributed by atoms with Gasteiger partial charge in [0.05, 0.1) is 0 Å². The standard InChI is InChI=1S/C28H23NO3/c1-29-24-16-9-8-11-20(24)19-23-25(29)17-10-18-26(23)32-27(30)28(31,21-12-4-2-5-13-21)22-14-6-3-7-15-22/h2-18,31H,19H2,1H3. The second kappa shape index (κ2) is 7.98. The van der Waals surface area contributed by atoms with Crippen molar-refractivity contribution in [2.75, 3.05) is 11.9 Å². The minimum absolute atomic E-state index is 0.458. The van der Waals surface area contributed by atoms with Gasteiger partial charge >= 0.3 is 5.97 Å². The molecule has 1 aliphatic rings. The van der Waals surface area contributed by atoms with Crippen molar-refractivity contribution in [1.29, 1.82) is 0 Å². The Balaban J connectivity index is 1.56. The molecule has 4 nitrogen and oxygen atoms in total. The molecule has 0 atom stereocenters. The maximum atomic E-state index is 13.6. The van der Waals surface area contributed by atoms with E-state index in [4.69, 9.17) is 4.74 Å². The number of esters is 1. The Labute approximate surface area is 187 Å². The normalized spacial score (nSPS) is 12.6. The van der Waals surface area contributed by atoms with Gasteiger partial charge < -0.3 is 14.7 Å². The van der Waals surface area contributed by atoms with E-state index in [1.165, 1.54) is 0 Å². The molecule has 4 aromatic rings. The highest BCUT2D eigenvalue weighted by Crippen LogP contribution is 2.42. The van der Waals surface area contributed by atoms with Gasteiger partial charge in [-0.2, -0.15) is 0 Å². The Kier molecular flexibility index (Phi) is 5.00. The Hall–Kier alpha value is -3.89. The summed E-state index contributed by atoms with van der Waals surface area (Å²) >= 11 is 0. The zero-order valence-corrected chi connectivity index (χ0v) is 17.7. The summed E-state index contributed by atoms with van der Waals surface area (Å²) in [6, 6.07) is 31.7. The van der Waals surface area contributed by atoms with Gasteiger partial charge in [0.2, 0.25) is 5.60 Å². The van der Waals surface area contributed by atoms with Crippen molar-refractivity contribution in [2.45, 2.75) is 12.0 Å². The molecule has 1 heterocycles. The Morgan fingerprint density at radius 1 is 0.781 bits per heavy atom. The SMILES string of the molecule is CN1c2ccccc2Cc2c(OC(=O)C(O)(c3ccccc3)c3ccccc3)cccc21. The van der Waals surface area contributed by atoms with E-state index in [2.05, 4.69) is 17.0 Å². The van der Waals surface area contributed by atoms with Crippen LogP contribution in [0.3, 0.4) is 0 Å². The second-order valence-electron chi connectivity index (χ2n) is 7.95. The second-order valence-corrected chi connectivity index (χ2v) is 7.95. The molecule has 4 aromatic carbocycles. The van der Waals surface area contributed by atoms with Crippen molar-refractivity contribution in [2.24, 2.45) is 0 Å². The zero-order valence-electron chi connectivity index (χ0n) is 17.7. The largest absolute Gasteiger partial charge is 0.423 e. The molecular formula is C28H23NO3. The van der Waals surface area contributed by atoms with Crippen LogP contribution in [-0.4, -0.2) is 18.1 Å². The molecule has 0 saturated carbocycles. The summed E-state index contributed by atoms with van der Waals surface area (Å²) in [7, 11) is 2.01. The molecule has 1 N–H and O–H groups in total. The molecule has 0 spiro atoms. The first-order chi connectivity index (χ1) is 15.6. The first-order valence-electron chi connectivity index (χ1n) is 10.6. The average molecular weight is 421 g/mol. The van der Waals surface area contributed by atoms with Gasteiger partial charge in [0, 0.05) is 30.4 Å². The number of aliphatic hydroxyl groups is 1. The van der Waals surface area contributed by atoms with Crippen molar-refractivity contribution in [3.8, 4) is 5.75 Å². The number of carbonyl (C=O) groups is 1. The monoisotopic (exact) mass is 421 g/mol. The lowest BCUT2D eigenvalue weighted by molar-refractivity contribution is -0.152. The van der Waals surface area contributed by atoms with Gasteiger partial charge in [-0.25, -0.2) is 4.79 Å². The van der Waals surface area contributed by atoms with E-state index in [0.29, 0.717) is 23.3 Å². The van der Waals surface area contributed by atoms with Crippen LogP contribution in [0.1, 0.15) is 22.3 Å². The maximum absolute atomic E-state index is 13.6. The predicted molar refractivity (Wildman–Crippen MR) is 125 cm³/mol. The lowest BCUT2D eigenvalue weighted by atomic mass is 9.86. The first-order valence-corrected chi connectivity index (χ1v) is 10.6. The molecule has 4 heteroatoms. The van der Waals surface area contributed by atoms with Gasteiger partial charge in [-0.3, -0.25) is 0 Å². The molecule has 0 aliphatic carbocycles. The summed E-state index contributed by atoms with van der Waals surface area (Å²) in [4.78, 5) is 15.7. The summed E-state index contributed by atoms with van der Waals surface area (Å²) < 4.78 is 5.93. The fourth-order valence-electron chi connectivity index (χ4n) is 4.38. The highest BCUT2D eigenvalue weighted by atomic mass is 16.6. The molecule has 158 valence electrons. The van der Waals surface area contributed by atoms with E-state index in [1.54, 1.807) is 54.6 Å². The highest BCUT2D eigenvalue weighted by Gasteiger charge is 2.42. The lowest BCUT2D eigenvalue weighted by Crippen LogP contribution is -2.40. The molecule has 0 amide bonds. The molecule has 0 aromatic heterocycles. The summed E-state index contributed by atoms with van der Waals surface area (Å²) in [5.41, 5.74) is 3.19. The van der Waals surface area contributed by atoms with Crippen molar-refractivity contribution >= 4 is 17.3 Å². The molecule has 0 radical (unpaired) electrons. The van der Waals surface area contributed by atoms with E-state index in [0.717, 1.165) is 22.5 Å². The zero-order chi connectivity index (χ0) is 22.1. The van der Waals surface area contributed by atoms with Crippen LogP contribution < -0.4 is 9.64 Å². The Bertz CT molecular complexity index is 1230. The van der Waals surface area contributed by atoms with Gasteiger partial charge in [-0.15, -0.1) is 0 Å². The maximum Gasteiger partial charge on any atom is 0.353 e. The minimum atomic E-state index is -1.93. The third-order valence-electron chi connectivity index (χ3n) is 6.07. The minimum Gasteiger partial charge on any atom is -0.423 e. The lowest BCUT2D eigenvalue weighted by Gasteiger charge is -2.32. The van der Waals surface area contributed by atoms with Crippen LogP contribution in [-0.2, 0) is 16.8 Å². The number of benzene rings is 4. The molecule has 5 rings (SSSR count). The van der Waals surface area contributed by atoms with Gasteiger partial charge in [0.15, 0.2) is 0 Å². The van der Waals surface area contributed by atoms with Crippen molar-refractivity contribution in [3.05, 3.63) is 125 Å². The van der Waals surface area contributed by atoms with E-state index in [1.807, 2.05) is 43.4 Å². The Morgan fingerprint density at radius 2 is 1.34 bits per heavy atom. The molecule has 0 unspecified atom stereocenters. The number of hydrogen-bond donors (Lipinski definition) is 1. The number of carbonyl (C=O) groups excluding carboxylic acids is 1. The number of rotatable bonds is 4. The van der Waals surface area contributed by atoms with E-state index < -0.39 is 11.6 Å². The van der Waals surface area contributed by atoms with Gasteiger partial charge in [0.25, 0.3) is 0 Å². The van der Waals surface area contributed by atoms with Crippen LogP contribution in [0.25, 0.3) is 0 Å². The summed E-state index contributed by atoms with van der Waals surface area (Å²) in [6.07, 6.45) is 0.647. The van der Waals surface area contributed by atoms with Crippen molar-refractivity contribution in [3.63, 3.8) is 0 Å². The molecule has 0 bridgehead atoms. The number of nitrogens with zero attached hydrogens (tertiary/aromatic N) is 1. The smallest absolute Gasteiger partial charge is 0.353 e. The third kappa shape index (κ3) is 3.26. The van der Waals surface area contributed by atoms with Crippen LogP contribution in [0, 0.1) is 0 Å². The van der Waals surface area contributed by atoms with Crippen LogP contribution in [0.15, 0.2) is 103 Å². The van der Waals surface area contributed by atoms with Crippen molar-refractivity contribution < 1.29 is 14.6 Å².